The van der Waals surface area contributed by atoms with E-state index in [0.717, 1.165) is 37.3 Å². The van der Waals surface area contributed by atoms with Crippen LogP contribution in [0.5, 0.6) is 5.75 Å². The molecular weight excluding hydrogens is 479 g/mol. The molecule has 4 rings (SSSR count). The van der Waals surface area contributed by atoms with Gasteiger partial charge in [-0.25, -0.2) is 0 Å². The number of ether oxygens (including phenoxy) is 1. The highest BCUT2D eigenvalue weighted by Crippen LogP contribution is 2.42. The summed E-state index contributed by atoms with van der Waals surface area (Å²) in [6.07, 6.45) is 0.780. The zero-order valence-electron chi connectivity index (χ0n) is 20.9. The SMILES string of the molecule is CCCCCCOc1ccccc1CN(C(=O)c1ccc(-c2ccccc2C(F)(F)F)cc1)C1(O)CC1. The van der Waals surface area contributed by atoms with Crippen molar-refractivity contribution < 1.29 is 27.8 Å². The van der Waals surface area contributed by atoms with Crippen molar-refractivity contribution in [3.63, 3.8) is 0 Å². The van der Waals surface area contributed by atoms with Gasteiger partial charge in [-0.05, 0) is 54.7 Å². The van der Waals surface area contributed by atoms with Crippen molar-refractivity contribution in [1.29, 1.82) is 0 Å². The lowest BCUT2D eigenvalue weighted by atomic mass is 9.98. The zero-order chi connectivity index (χ0) is 26.5. The summed E-state index contributed by atoms with van der Waals surface area (Å²) in [6, 6.07) is 18.9. The van der Waals surface area contributed by atoms with Gasteiger partial charge in [0.15, 0.2) is 0 Å². The van der Waals surface area contributed by atoms with E-state index in [9.17, 15) is 23.1 Å². The number of amides is 1. The van der Waals surface area contributed by atoms with Crippen LogP contribution in [0.2, 0.25) is 0 Å². The van der Waals surface area contributed by atoms with Gasteiger partial charge in [-0.15, -0.1) is 0 Å². The van der Waals surface area contributed by atoms with Gasteiger partial charge in [-0.3, -0.25) is 4.79 Å². The maximum Gasteiger partial charge on any atom is 0.417 e. The van der Waals surface area contributed by atoms with Crippen molar-refractivity contribution in [3.8, 4) is 16.9 Å². The van der Waals surface area contributed by atoms with Gasteiger partial charge in [0.1, 0.15) is 11.5 Å². The molecule has 0 heterocycles. The Balaban J connectivity index is 1.53. The molecule has 1 N–H and O–H groups in total. The molecule has 37 heavy (non-hydrogen) atoms. The first-order valence-corrected chi connectivity index (χ1v) is 12.7. The molecule has 1 aliphatic rings. The molecule has 0 atom stereocenters. The lowest BCUT2D eigenvalue weighted by Gasteiger charge is -2.29. The fraction of sp³-hybridized carbons (Fsp3) is 0.367. The number of aliphatic hydroxyl groups is 1. The lowest BCUT2D eigenvalue weighted by Crippen LogP contribution is -2.41. The monoisotopic (exact) mass is 511 g/mol. The van der Waals surface area contributed by atoms with Crippen LogP contribution in [0.25, 0.3) is 11.1 Å². The lowest BCUT2D eigenvalue weighted by molar-refractivity contribution is -0.137. The first kappa shape index (κ1) is 26.7. The quantitative estimate of drug-likeness (QED) is 0.215. The van der Waals surface area contributed by atoms with Crippen LogP contribution in [0, 0.1) is 0 Å². The van der Waals surface area contributed by atoms with E-state index < -0.39 is 17.5 Å². The Bertz CT molecular complexity index is 1200. The highest BCUT2D eigenvalue weighted by atomic mass is 19.4. The minimum absolute atomic E-state index is 0.0525. The molecule has 1 amide bonds. The van der Waals surface area contributed by atoms with Gasteiger partial charge in [0, 0.05) is 11.1 Å². The van der Waals surface area contributed by atoms with Gasteiger partial charge in [0.2, 0.25) is 0 Å². The number of hydrogen-bond acceptors (Lipinski definition) is 3. The molecule has 0 spiro atoms. The first-order chi connectivity index (χ1) is 17.7. The molecule has 0 aliphatic heterocycles. The van der Waals surface area contributed by atoms with E-state index in [2.05, 4.69) is 6.92 Å². The fourth-order valence-corrected chi connectivity index (χ4v) is 4.38. The van der Waals surface area contributed by atoms with Crippen molar-refractivity contribution in [2.45, 2.75) is 63.9 Å². The summed E-state index contributed by atoms with van der Waals surface area (Å²) >= 11 is 0. The van der Waals surface area contributed by atoms with E-state index in [1.54, 1.807) is 6.07 Å². The molecule has 1 aliphatic carbocycles. The average molecular weight is 512 g/mol. The summed E-state index contributed by atoms with van der Waals surface area (Å²) in [5, 5.41) is 10.9. The van der Waals surface area contributed by atoms with Crippen molar-refractivity contribution in [2.75, 3.05) is 6.61 Å². The Morgan fingerprint density at radius 3 is 2.30 bits per heavy atom. The number of hydrogen-bond donors (Lipinski definition) is 1. The second-order valence-corrected chi connectivity index (χ2v) is 9.51. The smallest absolute Gasteiger partial charge is 0.417 e. The molecule has 3 aromatic carbocycles. The fourth-order valence-electron chi connectivity index (χ4n) is 4.38. The molecule has 1 saturated carbocycles. The maximum absolute atomic E-state index is 13.5. The predicted octanol–water partition coefficient (Wildman–Crippen LogP) is 7.46. The Labute approximate surface area is 215 Å². The van der Waals surface area contributed by atoms with Crippen LogP contribution in [0.3, 0.4) is 0 Å². The first-order valence-electron chi connectivity index (χ1n) is 12.7. The van der Waals surface area contributed by atoms with Crippen LogP contribution < -0.4 is 4.74 Å². The van der Waals surface area contributed by atoms with E-state index in [4.69, 9.17) is 4.74 Å². The molecule has 196 valence electrons. The summed E-state index contributed by atoms with van der Waals surface area (Å²) in [5.41, 5.74) is -0.463. The van der Waals surface area contributed by atoms with Crippen molar-refractivity contribution in [1.82, 2.24) is 4.90 Å². The molecule has 4 nitrogen and oxygen atoms in total. The van der Waals surface area contributed by atoms with Crippen LogP contribution in [0.1, 0.15) is 66.9 Å². The summed E-state index contributed by atoms with van der Waals surface area (Å²) in [7, 11) is 0. The highest BCUT2D eigenvalue weighted by Gasteiger charge is 2.49. The van der Waals surface area contributed by atoms with Gasteiger partial charge >= 0.3 is 6.18 Å². The molecule has 0 bridgehead atoms. The van der Waals surface area contributed by atoms with E-state index >= 15 is 0 Å². The van der Waals surface area contributed by atoms with Crippen LogP contribution >= 0.6 is 0 Å². The largest absolute Gasteiger partial charge is 0.493 e. The minimum atomic E-state index is -4.48. The molecule has 3 aromatic rings. The molecule has 0 saturated heterocycles. The molecule has 7 heteroatoms. The number of benzene rings is 3. The van der Waals surface area contributed by atoms with E-state index in [1.807, 2.05) is 24.3 Å². The number of carbonyl (C=O) groups excluding carboxylic acids is 1. The van der Waals surface area contributed by atoms with Crippen molar-refractivity contribution in [3.05, 3.63) is 89.5 Å². The third kappa shape index (κ3) is 6.52. The van der Waals surface area contributed by atoms with Crippen LogP contribution in [0.4, 0.5) is 13.2 Å². The maximum atomic E-state index is 13.5. The standard InChI is InChI=1S/C30H32F3NO3/c1-2-3-4-9-20-37-27-13-8-5-10-24(27)21-34(29(36)18-19-29)28(35)23-16-14-22(15-17-23)25-11-6-7-12-26(25)30(31,32)33/h5-8,10-17,36H,2-4,9,18-21H2,1H3. The number of nitrogens with zero attached hydrogens (tertiary/aromatic N) is 1. The average Bonchev–Trinajstić information content (AvgIpc) is 3.65. The van der Waals surface area contributed by atoms with Gasteiger partial charge in [-0.1, -0.05) is 74.7 Å². The number of para-hydroxylation sites is 1. The third-order valence-electron chi connectivity index (χ3n) is 6.68. The molecule has 0 unspecified atom stereocenters. The molecule has 0 aromatic heterocycles. The topological polar surface area (TPSA) is 49.8 Å². The Morgan fingerprint density at radius 1 is 0.946 bits per heavy atom. The normalized spacial score (nSPS) is 14.3. The van der Waals surface area contributed by atoms with E-state index in [0.29, 0.717) is 36.3 Å². The van der Waals surface area contributed by atoms with Gasteiger partial charge in [0.05, 0.1) is 18.7 Å². The Morgan fingerprint density at radius 2 is 1.62 bits per heavy atom. The predicted molar refractivity (Wildman–Crippen MR) is 137 cm³/mol. The molecule has 0 radical (unpaired) electrons. The summed E-state index contributed by atoms with van der Waals surface area (Å²) in [6.45, 7) is 2.90. The van der Waals surface area contributed by atoms with Gasteiger partial charge < -0.3 is 14.7 Å². The number of carbonyl (C=O) groups is 1. The number of unbranched alkanes of at least 4 members (excludes halogenated alkanes) is 3. The zero-order valence-corrected chi connectivity index (χ0v) is 20.9. The number of alkyl halides is 3. The Kier molecular flexibility index (Phi) is 8.22. The van der Waals surface area contributed by atoms with Crippen molar-refractivity contribution in [2.24, 2.45) is 0 Å². The van der Waals surface area contributed by atoms with E-state index in [1.165, 1.54) is 41.3 Å². The molecular formula is C30H32F3NO3. The van der Waals surface area contributed by atoms with Crippen LogP contribution in [-0.4, -0.2) is 28.2 Å². The number of halogens is 3. The van der Waals surface area contributed by atoms with Gasteiger partial charge in [-0.2, -0.15) is 13.2 Å². The second-order valence-electron chi connectivity index (χ2n) is 9.51. The second kappa shape index (κ2) is 11.4. The minimum Gasteiger partial charge on any atom is -0.493 e. The van der Waals surface area contributed by atoms with Gasteiger partial charge in [0.25, 0.3) is 5.91 Å². The van der Waals surface area contributed by atoms with Crippen LogP contribution in [0.15, 0.2) is 72.8 Å². The van der Waals surface area contributed by atoms with Crippen LogP contribution in [-0.2, 0) is 12.7 Å². The Hall–Kier alpha value is -3.32. The van der Waals surface area contributed by atoms with Crippen molar-refractivity contribution >= 4 is 5.91 Å². The molecule has 1 fully saturated rings. The summed E-state index contributed by atoms with van der Waals surface area (Å²) in [4.78, 5) is 14.9. The highest BCUT2D eigenvalue weighted by molar-refractivity contribution is 5.95. The summed E-state index contributed by atoms with van der Waals surface area (Å²) in [5.74, 6) is 0.300. The number of rotatable bonds is 11. The third-order valence-corrected chi connectivity index (χ3v) is 6.68. The van der Waals surface area contributed by atoms with E-state index in [-0.39, 0.29) is 18.0 Å². The summed E-state index contributed by atoms with van der Waals surface area (Å²) < 4.78 is 46.4.